The van der Waals surface area contributed by atoms with E-state index in [0.29, 0.717) is 24.3 Å². The van der Waals surface area contributed by atoms with Crippen LogP contribution in [-0.4, -0.2) is 23.4 Å². The number of hydrogen-bond acceptors (Lipinski definition) is 3. The molecule has 0 radical (unpaired) electrons. The van der Waals surface area contributed by atoms with Crippen LogP contribution in [0.3, 0.4) is 0 Å². The fourth-order valence-corrected chi connectivity index (χ4v) is 4.01. The highest BCUT2D eigenvalue weighted by atomic mass is 32.2. The van der Waals surface area contributed by atoms with Crippen molar-refractivity contribution in [3.63, 3.8) is 0 Å². The molecule has 0 bridgehead atoms. The van der Waals surface area contributed by atoms with Crippen LogP contribution in [0.1, 0.15) is 29.6 Å². The van der Waals surface area contributed by atoms with Crippen molar-refractivity contribution in [2.45, 2.75) is 24.2 Å². The number of halogens is 4. The number of rotatable bonds is 7. The summed E-state index contributed by atoms with van der Waals surface area (Å²) in [5.41, 5.74) is -0.112. The fraction of sp³-hybridized carbons (Fsp3) is 0.316. The summed E-state index contributed by atoms with van der Waals surface area (Å²) in [5.74, 6) is -5.00. The minimum Gasteiger partial charge on any atom is -0.396 e. The molecule has 0 saturated heterocycles. The Balaban J connectivity index is 1.72. The molecule has 1 saturated carbocycles. The second-order valence-electron chi connectivity index (χ2n) is 6.62. The summed E-state index contributed by atoms with van der Waals surface area (Å²) in [4.78, 5) is 12.6. The lowest BCUT2D eigenvalue weighted by molar-refractivity contribution is 0.102. The molecule has 27 heavy (non-hydrogen) atoms. The van der Waals surface area contributed by atoms with Crippen LogP contribution >= 0.6 is 11.8 Å². The Kier molecular flexibility index (Phi) is 5.76. The molecule has 0 aromatic heterocycles. The van der Waals surface area contributed by atoms with E-state index in [1.54, 1.807) is 0 Å². The standard InChI is InChI=1S/C19H17F4NO2S/c20-13-2-1-11(7-16(13)27-10-19(3-4-19)5-6-25)18(26)24-12-8-14(21)17(23)15(22)9-12/h1-2,7-9,25H,3-6,10H2,(H,24,26). The smallest absolute Gasteiger partial charge is 0.255 e. The number of aliphatic hydroxyl groups excluding tert-OH is 1. The highest BCUT2D eigenvalue weighted by molar-refractivity contribution is 7.99. The number of benzene rings is 2. The third kappa shape index (κ3) is 4.62. The summed E-state index contributed by atoms with van der Waals surface area (Å²) < 4.78 is 53.5. The van der Waals surface area contributed by atoms with Crippen molar-refractivity contribution in [3.05, 3.63) is 59.2 Å². The summed E-state index contributed by atoms with van der Waals surface area (Å²) in [6, 6.07) is 5.10. The van der Waals surface area contributed by atoms with Crippen LogP contribution < -0.4 is 5.32 Å². The highest BCUT2D eigenvalue weighted by Gasteiger charge is 2.41. The molecule has 1 aliphatic rings. The molecular weight excluding hydrogens is 382 g/mol. The van der Waals surface area contributed by atoms with Crippen molar-refractivity contribution < 1.29 is 27.5 Å². The zero-order valence-corrected chi connectivity index (χ0v) is 15.0. The van der Waals surface area contributed by atoms with E-state index in [4.69, 9.17) is 5.11 Å². The van der Waals surface area contributed by atoms with Crippen molar-refractivity contribution in [3.8, 4) is 0 Å². The number of thioether (sulfide) groups is 1. The number of carbonyl (C=O) groups excluding carboxylic acids is 1. The number of hydrogen-bond donors (Lipinski definition) is 2. The number of carbonyl (C=O) groups is 1. The fourth-order valence-electron chi connectivity index (χ4n) is 2.70. The minimum absolute atomic E-state index is 0.0211. The first-order chi connectivity index (χ1) is 12.8. The number of amides is 1. The molecule has 0 spiro atoms. The lowest BCUT2D eigenvalue weighted by atomic mass is 10.1. The summed E-state index contributed by atoms with van der Waals surface area (Å²) >= 11 is 1.27. The molecule has 0 atom stereocenters. The molecule has 3 nitrogen and oxygen atoms in total. The predicted octanol–water partition coefficient (Wildman–Crippen LogP) is 4.75. The maximum atomic E-state index is 14.0. The zero-order chi connectivity index (χ0) is 19.6. The molecule has 2 aromatic carbocycles. The third-order valence-electron chi connectivity index (χ3n) is 4.57. The monoisotopic (exact) mass is 399 g/mol. The van der Waals surface area contributed by atoms with Gasteiger partial charge in [-0.25, -0.2) is 17.6 Å². The number of aliphatic hydroxyl groups is 1. The van der Waals surface area contributed by atoms with Gasteiger partial charge in [-0.15, -0.1) is 11.8 Å². The van der Waals surface area contributed by atoms with E-state index in [-0.39, 0.29) is 28.2 Å². The first kappa shape index (κ1) is 19.7. The lowest BCUT2D eigenvalue weighted by Crippen LogP contribution is -2.13. The molecule has 144 valence electrons. The second-order valence-corrected chi connectivity index (χ2v) is 7.63. The van der Waals surface area contributed by atoms with E-state index in [1.165, 1.54) is 23.9 Å². The molecule has 1 aliphatic carbocycles. The van der Waals surface area contributed by atoms with Gasteiger partial charge in [0, 0.05) is 40.6 Å². The predicted molar refractivity (Wildman–Crippen MR) is 94.8 cm³/mol. The van der Waals surface area contributed by atoms with Gasteiger partial charge < -0.3 is 10.4 Å². The van der Waals surface area contributed by atoms with Crippen molar-refractivity contribution in [2.24, 2.45) is 5.41 Å². The quantitative estimate of drug-likeness (QED) is 0.401. The molecule has 0 unspecified atom stereocenters. The molecule has 2 aromatic rings. The summed E-state index contributed by atoms with van der Waals surface area (Å²) in [6.45, 7) is 0.0796. The minimum atomic E-state index is -1.62. The van der Waals surface area contributed by atoms with E-state index >= 15 is 0 Å². The maximum absolute atomic E-state index is 14.0. The van der Waals surface area contributed by atoms with Gasteiger partial charge in [0.2, 0.25) is 0 Å². The van der Waals surface area contributed by atoms with E-state index in [9.17, 15) is 22.4 Å². The van der Waals surface area contributed by atoms with Gasteiger partial charge in [0.15, 0.2) is 17.5 Å². The SMILES string of the molecule is O=C(Nc1cc(F)c(F)c(F)c1)c1ccc(F)c(SCC2(CCO)CC2)c1. The molecule has 2 N–H and O–H groups in total. The first-order valence-electron chi connectivity index (χ1n) is 8.33. The topological polar surface area (TPSA) is 49.3 Å². The first-order valence-corrected chi connectivity index (χ1v) is 9.31. The van der Waals surface area contributed by atoms with Gasteiger partial charge in [0.25, 0.3) is 5.91 Å². The number of anilines is 1. The molecular formula is C19H17F4NO2S. The van der Waals surface area contributed by atoms with Crippen LogP contribution in [0, 0.1) is 28.7 Å². The highest BCUT2D eigenvalue weighted by Crippen LogP contribution is 2.51. The van der Waals surface area contributed by atoms with Crippen molar-refractivity contribution in [1.82, 2.24) is 0 Å². The van der Waals surface area contributed by atoms with Crippen LogP contribution in [0.25, 0.3) is 0 Å². The molecule has 1 fully saturated rings. The molecule has 8 heteroatoms. The van der Waals surface area contributed by atoms with Gasteiger partial charge >= 0.3 is 0 Å². The van der Waals surface area contributed by atoms with Crippen LogP contribution in [0.4, 0.5) is 23.2 Å². The van der Waals surface area contributed by atoms with Crippen LogP contribution in [0.5, 0.6) is 0 Å². The van der Waals surface area contributed by atoms with E-state index in [0.717, 1.165) is 18.9 Å². The van der Waals surface area contributed by atoms with E-state index in [1.807, 2.05) is 0 Å². The largest absolute Gasteiger partial charge is 0.396 e. The van der Waals surface area contributed by atoms with Gasteiger partial charge in [-0.1, -0.05) is 0 Å². The molecule has 0 heterocycles. The molecule has 3 rings (SSSR count). The maximum Gasteiger partial charge on any atom is 0.255 e. The van der Waals surface area contributed by atoms with Gasteiger partial charge in [0.05, 0.1) is 0 Å². The normalized spacial score (nSPS) is 14.9. The van der Waals surface area contributed by atoms with Gasteiger partial charge in [0.1, 0.15) is 5.82 Å². The van der Waals surface area contributed by atoms with Crippen molar-refractivity contribution in [2.75, 3.05) is 17.7 Å². The summed E-state index contributed by atoms with van der Waals surface area (Å²) in [6.07, 6.45) is 2.61. The Morgan fingerprint density at radius 1 is 1.07 bits per heavy atom. The Labute approximate surface area is 157 Å². The Morgan fingerprint density at radius 3 is 2.33 bits per heavy atom. The lowest BCUT2D eigenvalue weighted by Gasteiger charge is -2.14. The van der Waals surface area contributed by atoms with Gasteiger partial charge in [-0.2, -0.15) is 0 Å². The van der Waals surface area contributed by atoms with Gasteiger partial charge in [-0.3, -0.25) is 4.79 Å². The van der Waals surface area contributed by atoms with Crippen molar-refractivity contribution >= 4 is 23.4 Å². The molecule has 0 aliphatic heterocycles. The van der Waals surface area contributed by atoms with E-state index in [2.05, 4.69) is 5.32 Å². The van der Waals surface area contributed by atoms with Gasteiger partial charge in [-0.05, 0) is 42.9 Å². The van der Waals surface area contributed by atoms with Crippen LogP contribution in [0.2, 0.25) is 0 Å². The zero-order valence-electron chi connectivity index (χ0n) is 14.2. The number of nitrogens with one attached hydrogen (secondary N) is 1. The average molecular weight is 399 g/mol. The van der Waals surface area contributed by atoms with Crippen molar-refractivity contribution in [1.29, 1.82) is 0 Å². The van der Waals surface area contributed by atoms with Crippen LogP contribution in [0.15, 0.2) is 35.2 Å². The Hall–Kier alpha value is -2.06. The second kappa shape index (κ2) is 7.90. The molecule has 1 amide bonds. The summed E-state index contributed by atoms with van der Waals surface area (Å²) in [7, 11) is 0. The Morgan fingerprint density at radius 2 is 1.74 bits per heavy atom. The average Bonchev–Trinajstić information content (AvgIpc) is 3.39. The third-order valence-corrected chi connectivity index (χ3v) is 5.95. The van der Waals surface area contributed by atoms with Crippen LogP contribution in [-0.2, 0) is 0 Å². The summed E-state index contributed by atoms with van der Waals surface area (Å²) in [5, 5.41) is 11.4. The Bertz CT molecular complexity index is 848. The van der Waals surface area contributed by atoms with E-state index < -0.39 is 29.2 Å².